The first-order valence-electron chi connectivity index (χ1n) is 8.20. The molecular weight excluding hydrogens is 664 g/mol. The zero-order valence-corrected chi connectivity index (χ0v) is 27.3. The van der Waals surface area contributed by atoms with Crippen LogP contribution in [-0.4, -0.2) is 89.0 Å². The first kappa shape index (κ1) is 40.0. The number of nitrogens with one attached hydrogen (secondary N) is 1. The summed E-state index contributed by atoms with van der Waals surface area (Å²) in [5.74, 6) is -7.75. The molecule has 14 nitrogen and oxygen atoms in total. The van der Waals surface area contributed by atoms with E-state index in [2.05, 4.69) is 29.7 Å². The minimum absolute atomic E-state index is 0.00694. The highest BCUT2D eigenvalue weighted by Gasteiger charge is 2.27. The van der Waals surface area contributed by atoms with Crippen molar-refractivity contribution in [3.05, 3.63) is 6.33 Å². The van der Waals surface area contributed by atoms with E-state index < -0.39 is 53.0 Å². The van der Waals surface area contributed by atoms with Crippen molar-refractivity contribution in [2.75, 3.05) is 58.6 Å². The second-order valence-corrected chi connectivity index (χ2v) is 28.9. The van der Waals surface area contributed by atoms with Gasteiger partial charge < -0.3 is 18.8 Å². The number of rotatable bonds is 8. The van der Waals surface area contributed by atoms with E-state index >= 15 is 0 Å². The van der Waals surface area contributed by atoms with E-state index in [0.717, 1.165) is 13.3 Å². The number of nitrogens with zero attached hydrogens (tertiary/aromatic N) is 3. The van der Waals surface area contributed by atoms with Crippen molar-refractivity contribution in [2.24, 2.45) is 0 Å². The van der Waals surface area contributed by atoms with Gasteiger partial charge in [-0.2, -0.15) is 5.21 Å². The number of hydrogen-bond donors (Lipinski definition) is 3. The molecule has 0 radical (unpaired) electrons. The van der Waals surface area contributed by atoms with Crippen LogP contribution in [0.2, 0.25) is 0 Å². The lowest BCUT2D eigenvalue weighted by atomic mass is 11.4. The largest absolute Gasteiger partial charge is 0.344 e. The minimum Gasteiger partial charge on any atom is -0.344 e. The Bertz CT molecular complexity index is 852. The predicted octanol–water partition coefficient (Wildman–Crippen LogP) is 6.28. The zero-order chi connectivity index (χ0) is 28.1. The molecule has 0 fully saturated rings. The number of halogens is 4. The average Bonchev–Trinajstić information content (AvgIpc) is 3.07. The van der Waals surface area contributed by atoms with Gasteiger partial charge in [0.05, 0.1) is 0 Å². The Morgan fingerprint density at radius 1 is 0.735 bits per heavy atom. The molecule has 0 aliphatic heterocycles. The van der Waals surface area contributed by atoms with Crippen molar-refractivity contribution in [1.29, 1.82) is 0 Å². The van der Waals surface area contributed by atoms with Gasteiger partial charge in [-0.25, -0.2) is 0 Å². The van der Waals surface area contributed by atoms with Crippen LogP contribution in [0.1, 0.15) is 0 Å². The molecule has 34 heavy (non-hydrogen) atoms. The standard InChI is InChI=1S/C5H14O4P2.C3H10O4P2.CH2Cl4O2P2.CH2N4/c1-8-10(3,6)5-11(4,7)9-2;1-8(4,5)3-9(2,6)7;2-8(3,6)1-9(4,5)7;1-2-4-5-3-1/h5H2,1-4H3;3H2,1-2H3,(H,4,5)(H,6,7);1H2;1H,(H,2,3,4,5). The van der Waals surface area contributed by atoms with Gasteiger partial charge in [0.2, 0.25) is 29.5 Å². The van der Waals surface area contributed by atoms with Gasteiger partial charge in [-0.15, -0.1) is 10.2 Å². The summed E-state index contributed by atoms with van der Waals surface area (Å²) < 4.78 is 73.7. The van der Waals surface area contributed by atoms with Crippen LogP contribution in [0.5, 0.6) is 0 Å². The third-order valence-electron chi connectivity index (χ3n) is 2.41. The van der Waals surface area contributed by atoms with Crippen molar-refractivity contribution >= 4 is 86.1 Å². The van der Waals surface area contributed by atoms with Gasteiger partial charge in [0, 0.05) is 40.9 Å². The van der Waals surface area contributed by atoms with Crippen molar-refractivity contribution in [1.82, 2.24) is 20.6 Å². The van der Waals surface area contributed by atoms with Crippen LogP contribution in [-0.2, 0) is 36.4 Å². The molecule has 0 aliphatic rings. The molecule has 24 heteroatoms. The van der Waals surface area contributed by atoms with E-state index in [9.17, 15) is 27.4 Å². The number of hydrogen-bond acceptors (Lipinski definition) is 11. The van der Waals surface area contributed by atoms with E-state index in [1.807, 2.05) is 0 Å². The molecule has 4 unspecified atom stereocenters. The topological polar surface area (TPSA) is 216 Å². The molecule has 1 rings (SSSR count). The molecule has 0 amide bonds. The maximum absolute atomic E-state index is 11.3. The average molecular weight is 692 g/mol. The molecule has 3 N–H and O–H groups in total. The molecule has 0 bridgehead atoms. The number of aromatic nitrogens is 4. The van der Waals surface area contributed by atoms with E-state index in [1.54, 1.807) is 0 Å². The van der Waals surface area contributed by atoms with Gasteiger partial charge in [0.15, 0.2) is 6.33 Å². The normalized spacial score (nSPS) is 18.5. The second kappa shape index (κ2) is 17.1. The van der Waals surface area contributed by atoms with Crippen molar-refractivity contribution in [3.8, 4) is 0 Å². The minimum atomic E-state index is -3.37. The summed E-state index contributed by atoms with van der Waals surface area (Å²) in [6.07, 6.45) is 1.33. The molecule has 0 saturated heterocycles. The lowest BCUT2D eigenvalue weighted by Gasteiger charge is -2.15. The van der Waals surface area contributed by atoms with Gasteiger partial charge in [-0.3, -0.25) is 27.4 Å². The monoisotopic (exact) mass is 690 g/mol. The van der Waals surface area contributed by atoms with Gasteiger partial charge in [-0.1, -0.05) is 5.21 Å². The first-order chi connectivity index (χ1) is 14.7. The Balaban J connectivity index is -0.000000387. The Morgan fingerprint density at radius 3 is 1.18 bits per heavy atom. The Hall–Kier alpha value is 1.45. The summed E-state index contributed by atoms with van der Waals surface area (Å²) in [5, 5.41) is 12.2. The highest BCUT2D eigenvalue weighted by atomic mass is 35.9. The zero-order valence-electron chi connectivity index (χ0n) is 18.9. The molecular formula is C10H28Cl4N4O10P6. The molecule has 1 heterocycles. The molecule has 0 aromatic carbocycles. The summed E-state index contributed by atoms with van der Waals surface area (Å²) in [6.45, 7) is 5.03. The van der Waals surface area contributed by atoms with E-state index in [0.29, 0.717) is 0 Å². The smallest absolute Gasteiger partial charge is 0.262 e. The predicted molar refractivity (Wildman–Crippen MR) is 140 cm³/mol. The van der Waals surface area contributed by atoms with Crippen LogP contribution in [0, 0.1) is 0 Å². The molecule has 206 valence electrons. The van der Waals surface area contributed by atoms with Crippen molar-refractivity contribution in [2.45, 2.75) is 0 Å². The summed E-state index contributed by atoms with van der Waals surface area (Å²) in [6, 6.07) is 0. The number of aromatic amines is 1. The van der Waals surface area contributed by atoms with Crippen LogP contribution >= 0.6 is 86.1 Å². The van der Waals surface area contributed by atoms with Gasteiger partial charge in [0.25, 0.3) is 11.7 Å². The Kier molecular flexibility index (Phi) is 20.1. The van der Waals surface area contributed by atoms with Crippen LogP contribution in [0.25, 0.3) is 0 Å². The fraction of sp³-hybridized carbons (Fsp3) is 0.900. The third-order valence-corrected chi connectivity index (χ3v) is 18.7. The lowest BCUT2D eigenvalue weighted by molar-refractivity contribution is 0.387. The molecule has 0 spiro atoms. The number of H-pyrrole nitrogens is 1. The van der Waals surface area contributed by atoms with Gasteiger partial charge in [0.1, 0.15) is 17.7 Å². The summed E-state index contributed by atoms with van der Waals surface area (Å²) in [4.78, 5) is 17.2. The first-order valence-corrected chi connectivity index (χ1v) is 24.7. The Morgan fingerprint density at radius 2 is 1.09 bits per heavy atom. The maximum Gasteiger partial charge on any atom is 0.262 e. The van der Waals surface area contributed by atoms with Crippen LogP contribution < -0.4 is 0 Å². The van der Waals surface area contributed by atoms with Crippen molar-refractivity contribution < 1.29 is 46.2 Å². The van der Waals surface area contributed by atoms with E-state index in [4.69, 9.17) is 54.8 Å². The Labute approximate surface area is 217 Å². The van der Waals surface area contributed by atoms with Crippen LogP contribution in [0.4, 0.5) is 0 Å². The van der Waals surface area contributed by atoms with Crippen LogP contribution in [0.3, 0.4) is 0 Å². The highest BCUT2D eigenvalue weighted by molar-refractivity contribution is 8.21. The van der Waals surface area contributed by atoms with Crippen LogP contribution in [0.15, 0.2) is 6.33 Å². The lowest BCUT2D eigenvalue weighted by Crippen LogP contribution is -1.93. The summed E-state index contributed by atoms with van der Waals surface area (Å²) in [7, 11) is -9.31. The molecule has 0 saturated carbocycles. The van der Waals surface area contributed by atoms with E-state index in [-0.39, 0.29) is 5.90 Å². The SMILES string of the molecule is COP(C)(=O)CP(C)(=O)OC.CP(=O)(O)CP(C)(=O)O.O=P(Cl)(Cl)CP(=O)(Cl)Cl.c1nn[nH]n1. The van der Waals surface area contributed by atoms with Gasteiger partial charge in [-0.05, 0) is 45.0 Å². The maximum atomic E-state index is 11.3. The quantitative estimate of drug-likeness (QED) is 0.256. The van der Waals surface area contributed by atoms with Gasteiger partial charge >= 0.3 is 0 Å². The molecule has 0 aliphatic carbocycles. The highest BCUT2D eigenvalue weighted by Crippen LogP contribution is 2.72. The second-order valence-electron chi connectivity index (χ2n) is 6.62. The fourth-order valence-electron chi connectivity index (χ4n) is 1.39. The summed E-state index contributed by atoms with van der Waals surface area (Å²) in [5.41, 5.74) is 0. The molecule has 1 aromatic rings. The molecule has 4 atom stereocenters. The summed E-state index contributed by atoms with van der Waals surface area (Å²) >= 11 is 20.0. The third kappa shape index (κ3) is 38.0. The fourth-order valence-corrected chi connectivity index (χ4v) is 18.9. The molecule has 1 aromatic heterocycles. The van der Waals surface area contributed by atoms with E-state index in [1.165, 1.54) is 33.9 Å². The van der Waals surface area contributed by atoms with Crippen molar-refractivity contribution in [3.63, 3.8) is 0 Å². The number of tetrazole rings is 1.